The quantitative estimate of drug-likeness (QED) is 0.858. The normalized spacial score (nSPS) is 12.2. The minimum Gasteiger partial charge on any atom is -0.473 e. The van der Waals surface area contributed by atoms with Crippen LogP contribution in [0.3, 0.4) is 0 Å². The van der Waals surface area contributed by atoms with Crippen LogP contribution in [0.5, 0.6) is 5.88 Å². The number of rotatable bonds is 6. The predicted octanol–water partition coefficient (Wildman–Crippen LogP) is 3.15. The molecule has 112 valence electrons. The van der Waals surface area contributed by atoms with E-state index >= 15 is 0 Å². The van der Waals surface area contributed by atoms with E-state index < -0.39 is 6.10 Å². The average molecular weight is 290 g/mol. The Morgan fingerprint density at radius 1 is 1.24 bits per heavy atom. The van der Waals surface area contributed by atoms with Crippen molar-refractivity contribution in [3.05, 3.63) is 54.0 Å². The van der Waals surface area contributed by atoms with Crippen LogP contribution in [0.25, 0.3) is 0 Å². The van der Waals surface area contributed by atoms with Crippen molar-refractivity contribution in [3.63, 3.8) is 0 Å². The summed E-state index contributed by atoms with van der Waals surface area (Å²) in [4.78, 5) is 4.17. The number of aliphatic hydroxyl groups excluding tert-OH is 1. The summed E-state index contributed by atoms with van der Waals surface area (Å²) in [5.74, 6) is 0.178. The highest BCUT2D eigenvalue weighted by Gasteiger charge is 2.10. The van der Waals surface area contributed by atoms with Gasteiger partial charge in [-0.15, -0.1) is 0 Å². The molecule has 0 radical (unpaired) electrons. The van der Waals surface area contributed by atoms with Gasteiger partial charge in [-0.3, -0.25) is 0 Å². The molecule has 1 heterocycles. The summed E-state index contributed by atoms with van der Waals surface area (Å²) < 4.78 is 18.4. The smallest absolute Gasteiger partial charge is 0.237 e. The first-order chi connectivity index (χ1) is 10.1. The zero-order valence-corrected chi connectivity index (χ0v) is 12.1. The molecule has 0 saturated heterocycles. The molecule has 0 fully saturated rings. The van der Waals surface area contributed by atoms with Crippen LogP contribution in [-0.4, -0.2) is 22.7 Å². The van der Waals surface area contributed by atoms with Crippen LogP contribution < -0.4 is 10.1 Å². The predicted molar refractivity (Wildman–Crippen MR) is 79.9 cm³/mol. The molecular formula is C16H19FN2O2. The third-order valence-electron chi connectivity index (χ3n) is 2.86. The van der Waals surface area contributed by atoms with Crippen LogP contribution in [0, 0.1) is 5.82 Å². The lowest BCUT2D eigenvalue weighted by Gasteiger charge is -2.16. The molecule has 1 aromatic heterocycles. The van der Waals surface area contributed by atoms with Gasteiger partial charge in [-0.2, -0.15) is 0 Å². The first kappa shape index (κ1) is 15.3. The van der Waals surface area contributed by atoms with Crippen molar-refractivity contribution in [1.29, 1.82) is 0 Å². The van der Waals surface area contributed by atoms with E-state index in [-0.39, 0.29) is 18.5 Å². The second kappa shape index (κ2) is 7.04. The fourth-order valence-electron chi connectivity index (χ4n) is 1.85. The second-order valence-corrected chi connectivity index (χ2v) is 4.97. The van der Waals surface area contributed by atoms with Gasteiger partial charge in [-0.05, 0) is 43.7 Å². The largest absolute Gasteiger partial charge is 0.473 e. The van der Waals surface area contributed by atoms with E-state index in [1.807, 2.05) is 19.9 Å². The Morgan fingerprint density at radius 2 is 1.95 bits per heavy atom. The molecule has 0 aliphatic carbocycles. The van der Waals surface area contributed by atoms with Crippen molar-refractivity contribution in [2.45, 2.75) is 26.1 Å². The van der Waals surface area contributed by atoms with E-state index in [0.29, 0.717) is 17.1 Å². The highest BCUT2D eigenvalue weighted by Crippen LogP contribution is 2.23. The Labute approximate surface area is 123 Å². The summed E-state index contributed by atoms with van der Waals surface area (Å²) in [7, 11) is 0. The molecule has 2 aromatic rings. The number of nitrogens with one attached hydrogen (secondary N) is 1. The number of anilines is 1. The minimum absolute atomic E-state index is 0.0162. The summed E-state index contributed by atoms with van der Waals surface area (Å²) in [6.45, 7) is 4.13. The van der Waals surface area contributed by atoms with Gasteiger partial charge in [0.05, 0.1) is 17.9 Å². The summed E-state index contributed by atoms with van der Waals surface area (Å²) in [6, 6.07) is 9.42. The zero-order valence-electron chi connectivity index (χ0n) is 12.1. The van der Waals surface area contributed by atoms with Gasteiger partial charge in [-0.25, -0.2) is 9.37 Å². The van der Waals surface area contributed by atoms with Crippen molar-refractivity contribution in [1.82, 2.24) is 4.98 Å². The van der Waals surface area contributed by atoms with E-state index in [0.717, 1.165) is 0 Å². The van der Waals surface area contributed by atoms with Gasteiger partial charge in [0, 0.05) is 12.7 Å². The lowest BCUT2D eigenvalue weighted by atomic mass is 10.1. The van der Waals surface area contributed by atoms with E-state index in [9.17, 15) is 9.50 Å². The third kappa shape index (κ3) is 4.43. The second-order valence-electron chi connectivity index (χ2n) is 4.97. The number of hydrogen-bond acceptors (Lipinski definition) is 4. The summed E-state index contributed by atoms with van der Waals surface area (Å²) in [5.41, 5.74) is 1.37. The Bertz CT molecular complexity index is 573. The lowest BCUT2D eigenvalue weighted by Crippen LogP contribution is -2.14. The molecule has 0 aliphatic heterocycles. The van der Waals surface area contributed by atoms with Gasteiger partial charge in [0.1, 0.15) is 5.82 Å². The van der Waals surface area contributed by atoms with Gasteiger partial charge in [0.15, 0.2) is 0 Å². The van der Waals surface area contributed by atoms with Gasteiger partial charge >= 0.3 is 0 Å². The van der Waals surface area contributed by atoms with Crippen LogP contribution >= 0.6 is 0 Å². The number of aliphatic hydroxyl groups is 1. The summed E-state index contributed by atoms with van der Waals surface area (Å²) in [5, 5.41) is 13.2. The SMILES string of the molecule is CC(C)Oc1ncccc1NCC(O)c1ccc(F)cc1. The standard InChI is InChI=1S/C16H19FN2O2/c1-11(2)21-16-14(4-3-9-18-16)19-10-15(20)12-5-7-13(17)8-6-12/h3-9,11,15,19-20H,10H2,1-2H3. The van der Waals surface area contributed by atoms with Crippen molar-refractivity contribution >= 4 is 5.69 Å². The number of nitrogens with zero attached hydrogens (tertiary/aromatic N) is 1. The number of pyridine rings is 1. The average Bonchev–Trinajstić information content (AvgIpc) is 2.46. The molecule has 21 heavy (non-hydrogen) atoms. The molecule has 0 spiro atoms. The highest BCUT2D eigenvalue weighted by molar-refractivity contribution is 5.52. The van der Waals surface area contributed by atoms with E-state index in [4.69, 9.17) is 4.74 Å². The molecule has 2 N–H and O–H groups in total. The topological polar surface area (TPSA) is 54.4 Å². The summed E-state index contributed by atoms with van der Waals surface area (Å²) in [6.07, 6.45) is 0.930. The van der Waals surface area contributed by atoms with Crippen molar-refractivity contribution in [2.24, 2.45) is 0 Å². The van der Waals surface area contributed by atoms with Gasteiger partial charge < -0.3 is 15.2 Å². The molecule has 5 heteroatoms. The molecule has 1 unspecified atom stereocenters. The molecular weight excluding hydrogens is 271 g/mol. The van der Waals surface area contributed by atoms with E-state index in [1.54, 1.807) is 24.4 Å². The molecule has 1 atom stereocenters. The highest BCUT2D eigenvalue weighted by atomic mass is 19.1. The zero-order chi connectivity index (χ0) is 15.2. The number of halogens is 1. The van der Waals surface area contributed by atoms with Crippen LogP contribution in [0.2, 0.25) is 0 Å². The monoisotopic (exact) mass is 290 g/mol. The summed E-state index contributed by atoms with van der Waals surface area (Å²) >= 11 is 0. The fourth-order valence-corrected chi connectivity index (χ4v) is 1.85. The van der Waals surface area contributed by atoms with Gasteiger partial charge in [0.2, 0.25) is 5.88 Å². The maximum Gasteiger partial charge on any atom is 0.237 e. The number of hydrogen-bond donors (Lipinski definition) is 2. The lowest BCUT2D eigenvalue weighted by molar-refractivity contribution is 0.191. The Balaban J connectivity index is 2.01. The number of ether oxygens (including phenoxy) is 1. The maximum atomic E-state index is 12.9. The third-order valence-corrected chi connectivity index (χ3v) is 2.86. The first-order valence-corrected chi connectivity index (χ1v) is 6.85. The molecule has 4 nitrogen and oxygen atoms in total. The van der Waals surface area contributed by atoms with Crippen LogP contribution in [0.15, 0.2) is 42.6 Å². The number of aromatic nitrogens is 1. The van der Waals surface area contributed by atoms with Crippen molar-refractivity contribution in [3.8, 4) is 5.88 Å². The van der Waals surface area contributed by atoms with Gasteiger partial charge in [-0.1, -0.05) is 12.1 Å². The van der Waals surface area contributed by atoms with Gasteiger partial charge in [0.25, 0.3) is 0 Å². The molecule has 1 aromatic carbocycles. The Hall–Kier alpha value is -2.14. The van der Waals surface area contributed by atoms with Crippen LogP contribution in [0.4, 0.5) is 10.1 Å². The Kier molecular flexibility index (Phi) is 5.11. The van der Waals surface area contributed by atoms with Crippen molar-refractivity contribution in [2.75, 3.05) is 11.9 Å². The van der Waals surface area contributed by atoms with E-state index in [2.05, 4.69) is 10.3 Å². The first-order valence-electron chi connectivity index (χ1n) is 6.85. The van der Waals surface area contributed by atoms with Crippen LogP contribution in [-0.2, 0) is 0 Å². The fraction of sp³-hybridized carbons (Fsp3) is 0.312. The molecule has 0 bridgehead atoms. The minimum atomic E-state index is -0.738. The van der Waals surface area contributed by atoms with Crippen molar-refractivity contribution < 1.29 is 14.2 Å². The molecule has 0 amide bonds. The molecule has 0 saturated carbocycles. The van der Waals surface area contributed by atoms with Crippen LogP contribution in [0.1, 0.15) is 25.5 Å². The molecule has 0 aliphatic rings. The van der Waals surface area contributed by atoms with E-state index in [1.165, 1.54) is 12.1 Å². The maximum absolute atomic E-state index is 12.9. The Morgan fingerprint density at radius 3 is 2.62 bits per heavy atom. The molecule has 2 rings (SSSR count). The number of benzene rings is 1.